The molecule has 0 aliphatic carbocycles. The quantitative estimate of drug-likeness (QED) is 0.105. The van der Waals surface area contributed by atoms with E-state index in [0.29, 0.717) is 22.8 Å². The highest BCUT2D eigenvalue weighted by atomic mass is 32.1. The first-order chi connectivity index (χ1) is 23.8. The summed E-state index contributed by atoms with van der Waals surface area (Å²) < 4.78 is 58.4. The summed E-state index contributed by atoms with van der Waals surface area (Å²) in [6.07, 6.45) is -4.86. The first kappa shape index (κ1) is 34.0. The number of thiocarbonyl (C=S) groups is 1. The van der Waals surface area contributed by atoms with E-state index < -0.39 is 46.0 Å². The molecule has 0 bridgehead atoms. The Bertz CT molecular complexity index is 2110. The average molecular weight is 693 g/mol. The summed E-state index contributed by atoms with van der Waals surface area (Å²) in [7, 11) is 0. The van der Waals surface area contributed by atoms with E-state index in [4.69, 9.17) is 12.2 Å². The van der Waals surface area contributed by atoms with Gasteiger partial charge in [-0.3, -0.25) is 14.5 Å². The number of anilines is 2. The molecule has 6 nitrogen and oxygen atoms in total. The summed E-state index contributed by atoms with van der Waals surface area (Å²) in [6.45, 7) is 3.06. The maximum absolute atomic E-state index is 16.9. The molecule has 0 unspecified atom stereocenters. The lowest BCUT2D eigenvalue weighted by atomic mass is 9.76. The average Bonchev–Trinajstić information content (AvgIpc) is 3.29. The number of carbonyl (C=O) groups excluding carboxylic acids is 2. The maximum atomic E-state index is 16.9. The number of nitrogens with one attached hydrogen (secondary N) is 1. The monoisotopic (exact) mass is 692 g/mol. The molecule has 1 aliphatic heterocycles. The van der Waals surface area contributed by atoms with Gasteiger partial charge in [0.1, 0.15) is 16.9 Å². The molecule has 11 heteroatoms. The second-order valence-corrected chi connectivity index (χ2v) is 12.5. The van der Waals surface area contributed by atoms with E-state index in [-0.39, 0.29) is 22.1 Å². The number of hydrogen-bond acceptors (Lipinski definition) is 4. The number of nitrogens with zero attached hydrogens (tertiary/aromatic N) is 3. The highest BCUT2D eigenvalue weighted by Crippen LogP contribution is 2.43. The lowest BCUT2D eigenvalue weighted by Crippen LogP contribution is -2.48. The molecular weight excluding hydrogens is 665 g/mol. The third-order valence-corrected chi connectivity index (χ3v) is 9.09. The predicted molar refractivity (Wildman–Crippen MR) is 186 cm³/mol. The van der Waals surface area contributed by atoms with Crippen molar-refractivity contribution in [1.82, 2.24) is 5.32 Å². The van der Waals surface area contributed by atoms with Gasteiger partial charge in [-0.25, -0.2) is 4.39 Å². The third kappa shape index (κ3) is 5.77. The van der Waals surface area contributed by atoms with Crippen molar-refractivity contribution in [2.45, 2.75) is 31.1 Å². The van der Waals surface area contributed by atoms with Gasteiger partial charge in [-0.1, -0.05) is 84.9 Å². The predicted octanol–water partition coefficient (Wildman–Crippen LogP) is 8.35. The molecule has 0 atom stereocenters. The maximum Gasteiger partial charge on any atom is 0.417 e. The minimum atomic E-state index is -4.86. The molecular formula is C39H28F4N4O2S. The van der Waals surface area contributed by atoms with Gasteiger partial charge < -0.3 is 10.2 Å². The summed E-state index contributed by atoms with van der Waals surface area (Å²) >= 11 is 5.67. The molecule has 1 N–H and O–H groups in total. The van der Waals surface area contributed by atoms with Crippen molar-refractivity contribution >= 4 is 40.5 Å². The molecule has 0 aromatic heterocycles. The van der Waals surface area contributed by atoms with Crippen molar-refractivity contribution < 1.29 is 27.2 Å². The summed E-state index contributed by atoms with van der Waals surface area (Å²) in [6, 6.07) is 35.1. The number of alkyl halides is 3. The first-order valence-corrected chi connectivity index (χ1v) is 15.8. The molecule has 1 heterocycles. The van der Waals surface area contributed by atoms with Crippen LogP contribution < -0.4 is 15.1 Å². The third-order valence-electron chi connectivity index (χ3n) is 8.72. The van der Waals surface area contributed by atoms with Gasteiger partial charge in [0.25, 0.3) is 11.8 Å². The molecule has 1 aliphatic rings. The SMILES string of the molecule is CC1(C)C(=O)N(c2ccc(C#N)c(C(F)(F)F)c2)C(=S)N1c1ccc(C(NC(=O)c2ccccc2)(c2ccccc2)c2ccccc2)c(F)c1. The number of benzene rings is 5. The van der Waals surface area contributed by atoms with Crippen LogP contribution in [0.1, 0.15) is 52.0 Å². The molecule has 6 rings (SSSR count). The van der Waals surface area contributed by atoms with Crippen molar-refractivity contribution in [3.63, 3.8) is 0 Å². The molecule has 0 saturated carbocycles. The Kier molecular flexibility index (Phi) is 8.76. The van der Waals surface area contributed by atoms with Gasteiger partial charge in [-0.05, 0) is 79.7 Å². The van der Waals surface area contributed by atoms with Gasteiger partial charge >= 0.3 is 6.18 Å². The number of amides is 2. The number of nitriles is 1. The van der Waals surface area contributed by atoms with Crippen molar-refractivity contribution in [2.75, 3.05) is 9.80 Å². The molecule has 5 aromatic rings. The van der Waals surface area contributed by atoms with Gasteiger partial charge in [0.2, 0.25) is 0 Å². The van der Waals surface area contributed by atoms with E-state index in [1.54, 1.807) is 84.9 Å². The van der Waals surface area contributed by atoms with E-state index in [1.165, 1.54) is 43.0 Å². The molecule has 1 saturated heterocycles. The minimum absolute atomic E-state index is 0.0935. The van der Waals surface area contributed by atoms with E-state index in [9.17, 15) is 28.0 Å². The Balaban J connectivity index is 1.48. The van der Waals surface area contributed by atoms with Crippen molar-refractivity contribution in [3.8, 4) is 6.07 Å². The van der Waals surface area contributed by atoms with Crippen LogP contribution in [0.4, 0.5) is 28.9 Å². The summed E-state index contributed by atoms with van der Waals surface area (Å²) in [5.74, 6) is -1.85. The zero-order valence-corrected chi connectivity index (χ0v) is 27.5. The molecule has 0 radical (unpaired) electrons. The normalized spacial score (nSPS) is 14.4. The largest absolute Gasteiger partial charge is 0.417 e. The smallest absolute Gasteiger partial charge is 0.334 e. The highest BCUT2D eigenvalue weighted by molar-refractivity contribution is 7.81. The molecule has 1 fully saturated rings. The van der Waals surface area contributed by atoms with Crippen molar-refractivity contribution in [1.29, 1.82) is 5.26 Å². The number of carbonyl (C=O) groups is 2. The van der Waals surface area contributed by atoms with E-state index in [0.717, 1.165) is 11.0 Å². The fourth-order valence-electron chi connectivity index (χ4n) is 6.30. The van der Waals surface area contributed by atoms with Crippen LogP contribution in [0.2, 0.25) is 0 Å². The lowest BCUT2D eigenvalue weighted by Gasteiger charge is -2.37. The molecule has 5 aromatic carbocycles. The first-order valence-electron chi connectivity index (χ1n) is 15.4. The van der Waals surface area contributed by atoms with Gasteiger partial charge in [0.15, 0.2) is 5.11 Å². The van der Waals surface area contributed by atoms with Crippen LogP contribution in [0, 0.1) is 17.1 Å². The van der Waals surface area contributed by atoms with Crippen LogP contribution in [0.25, 0.3) is 0 Å². The standard InChI is InChI=1S/C39H28F4N4O2S/c1-37(2)35(49)46(29-19-18-26(24-44)32(22-29)39(41,42)43)36(50)47(37)30-20-21-31(33(40)23-30)38(27-14-8-4-9-15-27,28-16-10-5-11-17-28)45-34(48)25-12-6-3-7-13-25/h3-23H,1-2H3,(H,45,48). The van der Waals surface area contributed by atoms with Crippen molar-refractivity contribution in [3.05, 3.63) is 167 Å². The lowest BCUT2D eigenvalue weighted by molar-refractivity contribution is -0.137. The fourth-order valence-corrected chi connectivity index (χ4v) is 6.83. The summed E-state index contributed by atoms with van der Waals surface area (Å²) in [5.41, 5.74) is -3.23. The molecule has 50 heavy (non-hydrogen) atoms. The van der Waals surface area contributed by atoms with Crippen LogP contribution in [-0.4, -0.2) is 22.5 Å². The number of halogens is 4. The van der Waals surface area contributed by atoms with Crippen LogP contribution in [0.15, 0.2) is 127 Å². The Morgan fingerprint density at radius 3 is 1.84 bits per heavy atom. The highest BCUT2D eigenvalue weighted by Gasteiger charge is 2.51. The van der Waals surface area contributed by atoms with Gasteiger partial charge in [0, 0.05) is 16.8 Å². The number of rotatable bonds is 7. The van der Waals surface area contributed by atoms with Gasteiger partial charge in [-0.15, -0.1) is 0 Å². The van der Waals surface area contributed by atoms with Crippen LogP contribution in [0.5, 0.6) is 0 Å². The summed E-state index contributed by atoms with van der Waals surface area (Å²) in [5, 5.41) is 12.2. The van der Waals surface area contributed by atoms with Crippen molar-refractivity contribution in [2.24, 2.45) is 0 Å². The van der Waals surface area contributed by atoms with Crippen LogP contribution in [-0.2, 0) is 16.5 Å². The van der Waals surface area contributed by atoms with Gasteiger partial charge in [-0.2, -0.15) is 18.4 Å². The molecule has 2 amide bonds. The van der Waals surface area contributed by atoms with Crippen LogP contribution >= 0.6 is 12.2 Å². The van der Waals surface area contributed by atoms with Gasteiger partial charge in [0.05, 0.1) is 22.9 Å². The zero-order chi connectivity index (χ0) is 35.8. The fraction of sp³-hybridized carbons (Fsp3) is 0.128. The van der Waals surface area contributed by atoms with E-state index >= 15 is 4.39 Å². The molecule has 250 valence electrons. The Labute approximate surface area is 291 Å². The van der Waals surface area contributed by atoms with Crippen LogP contribution in [0.3, 0.4) is 0 Å². The topological polar surface area (TPSA) is 76.4 Å². The van der Waals surface area contributed by atoms with E-state index in [1.807, 2.05) is 12.1 Å². The second-order valence-electron chi connectivity index (χ2n) is 12.1. The molecule has 0 spiro atoms. The summed E-state index contributed by atoms with van der Waals surface area (Å²) in [4.78, 5) is 29.9. The Morgan fingerprint density at radius 1 is 0.780 bits per heavy atom. The van der Waals surface area contributed by atoms with E-state index in [2.05, 4.69) is 5.32 Å². The minimum Gasteiger partial charge on any atom is -0.334 e. The zero-order valence-electron chi connectivity index (χ0n) is 26.7. The Hall–Kier alpha value is -5.86. The number of hydrogen-bond donors (Lipinski definition) is 1. The second kappa shape index (κ2) is 12.9. The Morgan fingerprint density at radius 2 is 1.32 bits per heavy atom.